The standard InChI is InChI=1S/C19H28N4O4S.C17H24N4O4S/c1-16(15-24)14-22-28(25,26)19(13-20)12-17-2-4-18(5-3-17)21-6-7-23-8-10-27-11-9-23;1-20-6-8-21(9-7-20)15-4-2-14(3-5-15)10-17(11-18)26(24,25)19-12-16(23)13-22/h2-5,12,16,21-22,24H,6-11,14-15H2,1H3;2-5,10,16,19,22-23H,6-9,12-13H2,1H3/b19-12+;17-10+. The van der Waals surface area contributed by atoms with Crippen molar-refractivity contribution in [3.05, 3.63) is 69.5 Å². The van der Waals surface area contributed by atoms with Gasteiger partial charge in [0, 0.05) is 83.4 Å². The lowest BCUT2D eigenvalue weighted by molar-refractivity contribution is 0.0398. The van der Waals surface area contributed by atoms with Gasteiger partial charge in [-0.25, -0.2) is 26.3 Å². The van der Waals surface area contributed by atoms with E-state index in [0.717, 1.165) is 76.9 Å². The fourth-order valence-electron chi connectivity index (χ4n) is 5.11. The van der Waals surface area contributed by atoms with Crippen LogP contribution in [0.1, 0.15) is 18.1 Å². The van der Waals surface area contributed by atoms with Crippen molar-refractivity contribution < 1.29 is 36.9 Å². The number of hydrogen-bond acceptors (Lipinski definition) is 14. The van der Waals surface area contributed by atoms with E-state index >= 15 is 0 Å². The van der Waals surface area contributed by atoms with Gasteiger partial charge in [-0.15, -0.1) is 0 Å². The highest BCUT2D eigenvalue weighted by atomic mass is 32.2. The van der Waals surface area contributed by atoms with E-state index in [0.29, 0.717) is 11.1 Å². The molecule has 2 unspecified atom stereocenters. The Bertz CT molecular complexity index is 1810. The van der Waals surface area contributed by atoms with Crippen LogP contribution in [0, 0.1) is 28.6 Å². The molecule has 296 valence electrons. The molecule has 6 N–H and O–H groups in total. The lowest BCUT2D eigenvalue weighted by Crippen LogP contribution is -2.44. The maximum atomic E-state index is 12.2. The number of nitriles is 2. The Morgan fingerprint density at radius 3 is 1.83 bits per heavy atom. The smallest absolute Gasteiger partial charge is 0.250 e. The van der Waals surface area contributed by atoms with E-state index in [1.165, 1.54) is 12.2 Å². The van der Waals surface area contributed by atoms with Crippen LogP contribution < -0.4 is 19.7 Å². The second kappa shape index (κ2) is 22.5. The first-order chi connectivity index (χ1) is 25.8. The fourth-order valence-corrected chi connectivity index (χ4v) is 7.16. The van der Waals surface area contributed by atoms with Crippen LogP contribution >= 0.6 is 0 Å². The van der Waals surface area contributed by atoms with Crippen molar-refractivity contribution in [1.29, 1.82) is 10.5 Å². The summed E-state index contributed by atoms with van der Waals surface area (Å²) in [6.07, 6.45) is 1.40. The number of likely N-dealkylation sites (N-methyl/N-ethyl adjacent to an activating group) is 1. The van der Waals surface area contributed by atoms with E-state index in [4.69, 9.17) is 20.2 Å². The van der Waals surface area contributed by atoms with Crippen LogP contribution in [-0.4, -0.2) is 147 Å². The molecule has 2 saturated heterocycles. The summed E-state index contributed by atoms with van der Waals surface area (Å²) in [7, 11) is -5.87. The Labute approximate surface area is 319 Å². The highest BCUT2D eigenvalue weighted by Crippen LogP contribution is 2.20. The highest BCUT2D eigenvalue weighted by Gasteiger charge is 2.20. The van der Waals surface area contributed by atoms with E-state index < -0.39 is 37.7 Å². The molecule has 0 radical (unpaired) electrons. The minimum absolute atomic E-state index is 0.0733. The Morgan fingerprint density at radius 1 is 0.815 bits per heavy atom. The zero-order valence-electron chi connectivity index (χ0n) is 30.8. The predicted molar refractivity (Wildman–Crippen MR) is 209 cm³/mol. The van der Waals surface area contributed by atoms with Crippen molar-refractivity contribution in [3.8, 4) is 12.1 Å². The Balaban J connectivity index is 0.000000291. The molecule has 2 heterocycles. The molecular weight excluding hydrogens is 737 g/mol. The fraction of sp³-hybridized carbons (Fsp3) is 0.500. The van der Waals surface area contributed by atoms with E-state index in [1.807, 2.05) is 24.3 Å². The van der Waals surface area contributed by atoms with Gasteiger partial charge in [-0.3, -0.25) is 4.90 Å². The third kappa shape index (κ3) is 15.1. The normalized spacial score (nSPS) is 17.4. The lowest BCUT2D eigenvalue weighted by Gasteiger charge is -2.34. The summed E-state index contributed by atoms with van der Waals surface area (Å²) in [4.78, 5) is 6.05. The van der Waals surface area contributed by atoms with Crippen LogP contribution in [0.25, 0.3) is 12.2 Å². The summed E-state index contributed by atoms with van der Waals surface area (Å²) in [5.41, 5.74) is 3.20. The number of aliphatic hydroxyl groups is 3. The van der Waals surface area contributed by atoms with Gasteiger partial charge in [0.2, 0.25) is 0 Å². The molecule has 0 bridgehead atoms. The summed E-state index contributed by atoms with van der Waals surface area (Å²) in [5.74, 6) is -0.225. The summed E-state index contributed by atoms with van der Waals surface area (Å²) >= 11 is 0. The van der Waals surface area contributed by atoms with Gasteiger partial charge >= 0.3 is 0 Å². The van der Waals surface area contributed by atoms with Crippen molar-refractivity contribution in [2.75, 3.05) is 109 Å². The summed E-state index contributed by atoms with van der Waals surface area (Å²) < 4.78 is 58.5. The number of sulfonamides is 2. The molecule has 2 aromatic rings. The first kappa shape index (κ1) is 44.5. The van der Waals surface area contributed by atoms with Crippen LogP contribution in [0.3, 0.4) is 0 Å². The SMILES string of the molecule is CC(CO)CNS(=O)(=O)/C(C#N)=C/c1ccc(NCCN2CCOCC2)cc1.CN1CCN(c2ccc(/C=C(\C#N)S(=O)(=O)NCC(O)CO)cc2)CC1. The van der Waals surface area contributed by atoms with E-state index in [-0.39, 0.29) is 30.5 Å². The first-order valence-electron chi connectivity index (χ1n) is 17.6. The number of ether oxygens (including phenoxy) is 1. The van der Waals surface area contributed by atoms with Gasteiger partial charge in [0.05, 0.1) is 25.9 Å². The van der Waals surface area contributed by atoms with Crippen molar-refractivity contribution in [2.45, 2.75) is 13.0 Å². The van der Waals surface area contributed by atoms with E-state index in [1.54, 1.807) is 43.3 Å². The van der Waals surface area contributed by atoms with E-state index in [9.17, 15) is 27.2 Å². The maximum Gasteiger partial charge on any atom is 0.250 e. The number of rotatable bonds is 17. The molecule has 2 atom stereocenters. The lowest BCUT2D eigenvalue weighted by atomic mass is 10.1. The second-order valence-corrected chi connectivity index (χ2v) is 16.4. The van der Waals surface area contributed by atoms with Gasteiger partial charge in [0.1, 0.15) is 12.1 Å². The van der Waals surface area contributed by atoms with Gasteiger partial charge in [-0.05, 0) is 60.5 Å². The molecule has 0 amide bonds. The number of nitrogens with one attached hydrogen (secondary N) is 3. The molecule has 54 heavy (non-hydrogen) atoms. The minimum atomic E-state index is -4.05. The molecular formula is C36H52N8O8S2. The number of benzene rings is 2. The number of morpholine rings is 1. The van der Waals surface area contributed by atoms with Crippen LogP contribution in [0.5, 0.6) is 0 Å². The van der Waals surface area contributed by atoms with Crippen LogP contribution in [0.15, 0.2) is 58.3 Å². The predicted octanol–water partition coefficient (Wildman–Crippen LogP) is 0.418. The number of anilines is 2. The molecule has 18 heteroatoms. The van der Waals surface area contributed by atoms with Crippen molar-refractivity contribution in [2.24, 2.45) is 5.92 Å². The molecule has 16 nitrogen and oxygen atoms in total. The molecule has 2 fully saturated rings. The van der Waals surface area contributed by atoms with E-state index in [2.05, 4.69) is 36.5 Å². The number of nitrogens with zero attached hydrogens (tertiary/aromatic N) is 5. The molecule has 0 aliphatic carbocycles. The third-order valence-electron chi connectivity index (χ3n) is 8.58. The van der Waals surface area contributed by atoms with Crippen molar-refractivity contribution in [1.82, 2.24) is 19.2 Å². The molecule has 0 saturated carbocycles. The molecule has 2 aromatic carbocycles. The zero-order chi connectivity index (χ0) is 39.6. The average molecular weight is 789 g/mol. The van der Waals surface area contributed by atoms with Crippen LogP contribution in [0.2, 0.25) is 0 Å². The summed E-state index contributed by atoms with van der Waals surface area (Å²) in [6.45, 7) is 9.75. The van der Waals surface area contributed by atoms with Crippen LogP contribution in [0.4, 0.5) is 11.4 Å². The summed E-state index contributed by atoms with van der Waals surface area (Å²) in [6, 6.07) is 18.0. The molecule has 0 aromatic heterocycles. The highest BCUT2D eigenvalue weighted by molar-refractivity contribution is 7.94. The maximum absolute atomic E-state index is 12.2. The van der Waals surface area contributed by atoms with Gasteiger partial charge in [0.15, 0.2) is 9.81 Å². The number of allylic oxidation sites excluding steroid dienone is 2. The van der Waals surface area contributed by atoms with Gasteiger partial charge in [0.25, 0.3) is 20.0 Å². The van der Waals surface area contributed by atoms with Crippen molar-refractivity contribution in [3.63, 3.8) is 0 Å². The van der Waals surface area contributed by atoms with Gasteiger partial charge in [-0.2, -0.15) is 10.5 Å². The first-order valence-corrected chi connectivity index (χ1v) is 20.6. The second-order valence-electron chi connectivity index (χ2n) is 13.0. The summed E-state index contributed by atoms with van der Waals surface area (Å²) in [5, 5.41) is 48.7. The monoisotopic (exact) mass is 788 g/mol. The van der Waals surface area contributed by atoms with Crippen molar-refractivity contribution >= 4 is 43.6 Å². The number of aliphatic hydroxyl groups excluding tert-OH is 3. The van der Waals surface area contributed by atoms with Gasteiger partial charge in [-0.1, -0.05) is 31.2 Å². The molecule has 2 aliphatic rings. The molecule has 4 rings (SSSR count). The number of piperazine rings is 1. The largest absolute Gasteiger partial charge is 0.396 e. The quantitative estimate of drug-likeness (QED) is 0.119. The van der Waals surface area contributed by atoms with Crippen LogP contribution in [-0.2, 0) is 24.8 Å². The Hall–Kier alpha value is -3.92. The number of hydrogen-bond donors (Lipinski definition) is 6. The Morgan fingerprint density at radius 2 is 1.33 bits per heavy atom. The zero-order valence-corrected chi connectivity index (χ0v) is 32.4. The van der Waals surface area contributed by atoms with Gasteiger partial charge < -0.3 is 35.2 Å². The molecule has 0 spiro atoms. The topological polar surface area (TPSA) is 232 Å². The Kier molecular flexibility index (Phi) is 18.5. The minimum Gasteiger partial charge on any atom is -0.396 e. The average Bonchev–Trinajstić information content (AvgIpc) is 3.18. The molecule has 2 aliphatic heterocycles. The third-order valence-corrected chi connectivity index (χ3v) is 11.3.